The van der Waals surface area contributed by atoms with Gasteiger partial charge < -0.3 is 4.74 Å². The third-order valence-corrected chi connectivity index (χ3v) is 4.11. The maximum atomic E-state index is 6.12. The number of benzene rings is 1. The van der Waals surface area contributed by atoms with Gasteiger partial charge in [0.15, 0.2) is 0 Å². The molecule has 0 bridgehead atoms. The minimum absolute atomic E-state index is 0.371. The molecule has 2 atom stereocenters. The molecule has 1 aromatic carbocycles. The summed E-state index contributed by atoms with van der Waals surface area (Å²) in [5.41, 5.74) is 0.932. The van der Waals surface area contributed by atoms with Gasteiger partial charge >= 0.3 is 0 Å². The van der Waals surface area contributed by atoms with Crippen molar-refractivity contribution in [2.45, 2.75) is 38.4 Å². The average Bonchev–Trinajstić information content (AvgIpc) is 3.02. The van der Waals surface area contributed by atoms with Gasteiger partial charge in [-0.2, -0.15) is 0 Å². The van der Waals surface area contributed by atoms with Crippen LogP contribution in [0.2, 0.25) is 15.1 Å². The standard InChI is InChI=1S/C12H13Cl3O/c1-2-10-11(16-10)6-3-7-8(13)4-5-9(14)12(7)15/h4-5,10-11H,2-3,6H2,1H3. The van der Waals surface area contributed by atoms with E-state index in [0.29, 0.717) is 27.3 Å². The van der Waals surface area contributed by atoms with E-state index in [4.69, 9.17) is 39.5 Å². The number of halogens is 3. The maximum Gasteiger partial charge on any atom is 0.0845 e. The first-order valence-corrected chi connectivity index (χ1v) is 6.54. The molecule has 2 rings (SSSR count). The van der Waals surface area contributed by atoms with Crippen LogP contribution >= 0.6 is 34.8 Å². The van der Waals surface area contributed by atoms with Gasteiger partial charge in [0.1, 0.15) is 0 Å². The summed E-state index contributed by atoms with van der Waals surface area (Å²) >= 11 is 18.2. The second-order valence-electron chi connectivity index (χ2n) is 3.98. The fourth-order valence-corrected chi connectivity index (χ4v) is 2.61. The highest BCUT2D eigenvalue weighted by molar-refractivity contribution is 6.44. The molecule has 0 N–H and O–H groups in total. The highest BCUT2D eigenvalue weighted by Gasteiger charge is 2.36. The smallest absolute Gasteiger partial charge is 0.0845 e. The van der Waals surface area contributed by atoms with Crippen molar-refractivity contribution in [3.8, 4) is 0 Å². The quantitative estimate of drug-likeness (QED) is 0.572. The Morgan fingerprint density at radius 2 is 1.81 bits per heavy atom. The van der Waals surface area contributed by atoms with E-state index in [9.17, 15) is 0 Å². The first kappa shape index (κ1) is 12.5. The van der Waals surface area contributed by atoms with Gasteiger partial charge in [-0.3, -0.25) is 0 Å². The molecule has 1 saturated heterocycles. The van der Waals surface area contributed by atoms with Crippen LogP contribution in [0.3, 0.4) is 0 Å². The molecule has 16 heavy (non-hydrogen) atoms. The monoisotopic (exact) mass is 278 g/mol. The lowest BCUT2D eigenvalue weighted by molar-refractivity contribution is 0.360. The summed E-state index contributed by atoms with van der Waals surface area (Å²) < 4.78 is 5.48. The van der Waals surface area contributed by atoms with Crippen LogP contribution in [0.5, 0.6) is 0 Å². The van der Waals surface area contributed by atoms with E-state index in [0.717, 1.165) is 24.8 Å². The third kappa shape index (κ3) is 2.65. The first-order chi connectivity index (χ1) is 7.63. The zero-order valence-electron chi connectivity index (χ0n) is 8.97. The third-order valence-electron chi connectivity index (χ3n) is 2.91. The molecule has 88 valence electrons. The molecule has 1 heterocycles. The molecule has 1 aromatic rings. The van der Waals surface area contributed by atoms with Crippen LogP contribution in [0.1, 0.15) is 25.3 Å². The van der Waals surface area contributed by atoms with Crippen molar-refractivity contribution in [1.82, 2.24) is 0 Å². The summed E-state index contributed by atoms with van der Waals surface area (Å²) in [5.74, 6) is 0. The molecule has 0 spiro atoms. The van der Waals surface area contributed by atoms with E-state index in [2.05, 4.69) is 6.92 Å². The number of hydrogen-bond donors (Lipinski definition) is 0. The van der Waals surface area contributed by atoms with Gasteiger partial charge in [0.05, 0.1) is 22.3 Å². The van der Waals surface area contributed by atoms with Crippen LogP contribution in [0.15, 0.2) is 12.1 Å². The van der Waals surface area contributed by atoms with Gasteiger partial charge in [-0.1, -0.05) is 41.7 Å². The normalized spacial score (nSPS) is 23.5. The zero-order chi connectivity index (χ0) is 11.7. The minimum atomic E-state index is 0.371. The van der Waals surface area contributed by atoms with Crippen molar-refractivity contribution >= 4 is 34.8 Å². The molecule has 0 saturated carbocycles. The summed E-state index contributed by atoms with van der Waals surface area (Å²) in [4.78, 5) is 0. The van der Waals surface area contributed by atoms with Crippen molar-refractivity contribution in [2.75, 3.05) is 0 Å². The van der Waals surface area contributed by atoms with Gasteiger partial charge in [0.2, 0.25) is 0 Å². The van der Waals surface area contributed by atoms with Gasteiger partial charge in [0.25, 0.3) is 0 Å². The van der Waals surface area contributed by atoms with Crippen molar-refractivity contribution in [3.05, 3.63) is 32.8 Å². The van der Waals surface area contributed by atoms with Crippen LogP contribution in [-0.4, -0.2) is 12.2 Å². The van der Waals surface area contributed by atoms with Gasteiger partial charge in [-0.15, -0.1) is 0 Å². The summed E-state index contributed by atoms with van der Waals surface area (Å²) in [5, 5.41) is 1.82. The number of rotatable bonds is 4. The second kappa shape index (κ2) is 5.14. The molecule has 1 fully saturated rings. The Labute approximate surface area is 111 Å². The molecule has 0 aliphatic carbocycles. The minimum Gasteiger partial charge on any atom is -0.370 e. The molecular weight excluding hydrogens is 266 g/mol. The molecule has 0 amide bonds. The van der Waals surface area contributed by atoms with Crippen molar-refractivity contribution in [2.24, 2.45) is 0 Å². The Bertz CT molecular complexity index is 392. The van der Waals surface area contributed by atoms with E-state index in [-0.39, 0.29) is 0 Å². The molecule has 1 aliphatic heterocycles. The van der Waals surface area contributed by atoms with E-state index >= 15 is 0 Å². The van der Waals surface area contributed by atoms with Crippen molar-refractivity contribution in [1.29, 1.82) is 0 Å². The Morgan fingerprint density at radius 3 is 2.44 bits per heavy atom. The van der Waals surface area contributed by atoms with Gasteiger partial charge in [0, 0.05) is 5.02 Å². The van der Waals surface area contributed by atoms with Gasteiger partial charge in [-0.05, 0) is 37.0 Å². The van der Waals surface area contributed by atoms with Crippen molar-refractivity contribution in [3.63, 3.8) is 0 Å². The number of hydrogen-bond acceptors (Lipinski definition) is 1. The van der Waals surface area contributed by atoms with Crippen LogP contribution < -0.4 is 0 Å². The lowest BCUT2D eigenvalue weighted by Crippen LogP contribution is -1.97. The fraction of sp³-hybridized carbons (Fsp3) is 0.500. The molecule has 1 aliphatic rings. The largest absolute Gasteiger partial charge is 0.370 e. The summed E-state index contributed by atoms with van der Waals surface area (Å²) in [6, 6.07) is 3.51. The average molecular weight is 280 g/mol. The Hall–Kier alpha value is 0.0500. The van der Waals surface area contributed by atoms with Crippen LogP contribution in [0, 0.1) is 0 Å². The predicted octanol–water partition coefficient (Wildman–Crippen LogP) is 4.76. The lowest BCUT2D eigenvalue weighted by Gasteiger charge is -2.07. The SMILES string of the molecule is CCC1OC1CCc1c(Cl)ccc(Cl)c1Cl. The maximum absolute atomic E-state index is 6.12. The van der Waals surface area contributed by atoms with E-state index < -0.39 is 0 Å². The molecule has 0 radical (unpaired) electrons. The first-order valence-electron chi connectivity index (χ1n) is 5.41. The number of epoxide rings is 1. The Morgan fingerprint density at radius 1 is 1.12 bits per heavy atom. The van der Waals surface area contributed by atoms with Crippen LogP contribution in [0.4, 0.5) is 0 Å². The van der Waals surface area contributed by atoms with E-state index in [1.54, 1.807) is 12.1 Å². The molecule has 2 unspecified atom stereocenters. The molecule has 1 nitrogen and oxygen atoms in total. The van der Waals surface area contributed by atoms with Crippen LogP contribution in [0.25, 0.3) is 0 Å². The van der Waals surface area contributed by atoms with Gasteiger partial charge in [-0.25, -0.2) is 0 Å². The van der Waals surface area contributed by atoms with Crippen LogP contribution in [-0.2, 0) is 11.2 Å². The fourth-order valence-electron chi connectivity index (χ4n) is 1.88. The van der Waals surface area contributed by atoms with Crippen molar-refractivity contribution < 1.29 is 4.74 Å². The Balaban J connectivity index is 2.01. The number of ether oxygens (including phenoxy) is 1. The van der Waals surface area contributed by atoms with E-state index in [1.807, 2.05) is 0 Å². The Kier molecular flexibility index (Phi) is 4.01. The summed E-state index contributed by atoms with van der Waals surface area (Å²) in [6.07, 6.45) is 3.65. The predicted molar refractivity (Wildman–Crippen MR) is 68.7 cm³/mol. The molecular formula is C12H13Cl3O. The molecule has 4 heteroatoms. The van der Waals surface area contributed by atoms with E-state index in [1.165, 1.54) is 0 Å². The highest BCUT2D eigenvalue weighted by atomic mass is 35.5. The highest BCUT2D eigenvalue weighted by Crippen LogP contribution is 2.35. The lowest BCUT2D eigenvalue weighted by atomic mass is 10.1. The summed E-state index contributed by atoms with van der Waals surface area (Å²) in [6.45, 7) is 2.13. The topological polar surface area (TPSA) is 12.5 Å². The summed E-state index contributed by atoms with van der Waals surface area (Å²) in [7, 11) is 0. The second-order valence-corrected chi connectivity index (χ2v) is 5.17. The zero-order valence-corrected chi connectivity index (χ0v) is 11.2. The molecule has 0 aromatic heterocycles.